The molecule has 0 aliphatic rings. The number of hydrogen-bond donors (Lipinski definition) is 0. The molecule has 0 radical (unpaired) electrons. The Hall–Kier alpha value is -1.70. The number of nitrogens with zero attached hydrogens (tertiary/aromatic N) is 4. The van der Waals surface area contributed by atoms with Gasteiger partial charge in [-0.1, -0.05) is 24.9 Å². The Bertz CT molecular complexity index is 770. The minimum absolute atomic E-state index is 0.124. The van der Waals surface area contributed by atoms with E-state index in [2.05, 4.69) is 12.0 Å². The van der Waals surface area contributed by atoms with Gasteiger partial charge in [-0.2, -0.15) is 5.10 Å². The molecule has 8 heteroatoms. The lowest BCUT2D eigenvalue weighted by Gasteiger charge is -2.13. The average molecular weight is 383 g/mol. The van der Waals surface area contributed by atoms with Gasteiger partial charge in [-0.15, -0.1) is 0 Å². The molecule has 2 rings (SSSR count). The third-order valence-electron chi connectivity index (χ3n) is 3.92. The highest BCUT2D eigenvalue weighted by Gasteiger charge is 2.14. The van der Waals surface area contributed by atoms with E-state index in [1.54, 1.807) is 11.7 Å². The lowest BCUT2D eigenvalue weighted by molar-refractivity contribution is -0.168. The molecule has 0 spiro atoms. The summed E-state index contributed by atoms with van der Waals surface area (Å²) in [6.07, 6.45) is 2.33. The van der Waals surface area contributed by atoms with Gasteiger partial charge in [-0.3, -0.25) is 14.2 Å². The van der Waals surface area contributed by atoms with Crippen molar-refractivity contribution in [2.75, 3.05) is 14.2 Å². The summed E-state index contributed by atoms with van der Waals surface area (Å²) >= 11 is 11.6. The van der Waals surface area contributed by atoms with Crippen molar-refractivity contribution in [3.8, 4) is 11.4 Å². The van der Waals surface area contributed by atoms with Crippen molar-refractivity contribution in [1.82, 2.24) is 19.4 Å². The van der Waals surface area contributed by atoms with Crippen molar-refractivity contribution in [2.24, 2.45) is 0 Å². The normalized spacial score (nSPS) is 10.9. The van der Waals surface area contributed by atoms with Crippen molar-refractivity contribution >= 4 is 29.7 Å². The molecule has 0 aliphatic carbocycles. The Morgan fingerprint density at radius 3 is 2.60 bits per heavy atom. The van der Waals surface area contributed by atoms with E-state index < -0.39 is 0 Å². The van der Waals surface area contributed by atoms with E-state index in [-0.39, 0.29) is 12.3 Å². The molecule has 0 saturated heterocycles. The Morgan fingerprint density at radius 2 is 2.00 bits per heavy atom. The molecule has 2 aromatic rings. The molecule has 0 aliphatic heterocycles. The smallest absolute Gasteiger partial charge is 0.247 e. The summed E-state index contributed by atoms with van der Waals surface area (Å²) in [4.78, 5) is 16.8. The molecule has 1 amide bonds. The number of carbonyl (C=O) groups excluding carboxylic acids is 1. The first kappa shape index (κ1) is 19.6. The highest BCUT2D eigenvalue weighted by Crippen LogP contribution is 2.21. The number of halogens is 1. The van der Waals surface area contributed by atoms with Gasteiger partial charge in [-0.25, -0.2) is 9.75 Å². The first-order chi connectivity index (χ1) is 12.0. The van der Waals surface area contributed by atoms with E-state index in [0.29, 0.717) is 16.3 Å². The highest BCUT2D eigenvalue weighted by atomic mass is 35.5. The van der Waals surface area contributed by atoms with E-state index in [1.807, 2.05) is 28.8 Å². The fraction of sp³-hybridized carbons (Fsp3) is 0.471. The van der Waals surface area contributed by atoms with Gasteiger partial charge in [0.05, 0.1) is 13.7 Å². The Kier molecular flexibility index (Phi) is 7.16. The summed E-state index contributed by atoms with van der Waals surface area (Å²) in [5.41, 5.74) is 0.950. The van der Waals surface area contributed by atoms with Crippen molar-refractivity contribution in [3.05, 3.63) is 34.1 Å². The quantitative estimate of drug-likeness (QED) is 0.512. The Balaban J connectivity index is 2.30. The second-order valence-corrected chi connectivity index (χ2v) is 6.47. The molecule has 0 unspecified atom stereocenters. The maximum absolute atomic E-state index is 11.9. The SMILES string of the molecule is CCCCn1c(-c2ccc(Cl)cc2)nn(CCC(=O)N(C)OC)c1=S. The van der Waals surface area contributed by atoms with Gasteiger partial charge in [0.25, 0.3) is 0 Å². The number of aryl methyl sites for hydroxylation is 1. The van der Waals surface area contributed by atoms with Crippen LogP contribution in [0.5, 0.6) is 0 Å². The number of rotatable bonds is 8. The van der Waals surface area contributed by atoms with Crippen LogP contribution in [0.4, 0.5) is 0 Å². The number of carbonyl (C=O) groups is 1. The molecule has 1 aromatic carbocycles. The number of amides is 1. The summed E-state index contributed by atoms with van der Waals surface area (Å²) < 4.78 is 4.34. The van der Waals surface area contributed by atoms with Crippen LogP contribution < -0.4 is 0 Å². The van der Waals surface area contributed by atoms with Crippen LogP contribution in [-0.2, 0) is 22.7 Å². The third kappa shape index (κ3) is 4.90. The van der Waals surface area contributed by atoms with Gasteiger partial charge in [-0.05, 0) is 42.9 Å². The number of hydroxylamine groups is 2. The van der Waals surface area contributed by atoms with Crippen LogP contribution in [0.2, 0.25) is 5.02 Å². The van der Waals surface area contributed by atoms with Crippen molar-refractivity contribution < 1.29 is 9.63 Å². The molecule has 0 fully saturated rings. The van der Waals surface area contributed by atoms with Crippen molar-refractivity contribution in [1.29, 1.82) is 0 Å². The zero-order valence-electron chi connectivity index (χ0n) is 14.7. The van der Waals surface area contributed by atoms with E-state index >= 15 is 0 Å². The zero-order valence-corrected chi connectivity index (χ0v) is 16.3. The third-order valence-corrected chi connectivity index (χ3v) is 4.61. The predicted molar refractivity (Wildman–Crippen MR) is 101 cm³/mol. The molecule has 1 heterocycles. The van der Waals surface area contributed by atoms with E-state index in [1.165, 1.54) is 12.2 Å². The van der Waals surface area contributed by atoms with Gasteiger partial charge < -0.3 is 0 Å². The number of hydrogen-bond acceptors (Lipinski definition) is 4. The summed E-state index contributed by atoms with van der Waals surface area (Å²) in [5, 5.41) is 6.52. The molecular weight excluding hydrogens is 360 g/mol. The maximum Gasteiger partial charge on any atom is 0.247 e. The van der Waals surface area contributed by atoms with E-state index in [0.717, 1.165) is 30.8 Å². The molecule has 136 valence electrons. The van der Waals surface area contributed by atoms with Gasteiger partial charge in [0, 0.05) is 30.6 Å². The number of unbranched alkanes of at least 4 members (excludes halogenated alkanes) is 1. The van der Waals surface area contributed by atoms with Crippen LogP contribution in [-0.4, -0.2) is 39.5 Å². The standard InChI is InChI=1S/C17H23ClN4O2S/c1-4-5-11-21-16(13-6-8-14(18)9-7-13)19-22(17(21)25)12-10-15(23)20(2)24-3/h6-9H,4-5,10-12H2,1-3H3. The molecule has 1 aromatic heterocycles. The summed E-state index contributed by atoms with van der Waals surface area (Å²) in [6, 6.07) is 7.52. The first-order valence-electron chi connectivity index (χ1n) is 8.22. The average Bonchev–Trinajstić information content (AvgIpc) is 2.93. The van der Waals surface area contributed by atoms with E-state index in [4.69, 9.17) is 28.7 Å². The lowest BCUT2D eigenvalue weighted by atomic mass is 10.2. The molecule has 0 N–H and O–H groups in total. The summed E-state index contributed by atoms with van der Waals surface area (Å²) in [5.74, 6) is 0.670. The minimum Gasteiger partial charge on any atom is -0.300 e. The van der Waals surface area contributed by atoms with Crippen LogP contribution in [0, 0.1) is 4.77 Å². The molecule has 25 heavy (non-hydrogen) atoms. The van der Waals surface area contributed by atoms with Crippen LogP contribution in [0.1, 0.15) is 26.2 Å². The van der Waals surface area contributed by atoms with Crippen LogP contribution in [0.25, 0.3) is 11.4 Å². The number of benzene rings is 1. The molecular formula is C17H23ClN4O2S. The first-order valence-corrected chi connectivity index (χ1v) is 9.00. The monoisotopic (exact) mass is 382 g/mol. The highest BCUT2D eigenvalue weighted by molar-refractivity contribution is 7.71. The van der Waals surface area contributed by atoms with Crippen molar-refractivity contribution in [2.45, 2.75) is 39.3 Å². The predicted octanol–water partition coefficient (Wildman–Crippen LogP) is 3.94. The van der Waals surface area contributed by atoms with Crippen LogP contribution >= 0.6 is 23.8 Å². The topological polar surface area (TPSA) is 52.3 Å². The minimum atomic E-state index is -0.124. The van der Waals surface area contributed by atoms with Gasteiger partial charge in [0.1, 0.15) is 0 Å². The van der Waals surface area contributed by atoms with Gasteiger partial charge in [0.2, 0.25) is 5.91 Å². The van der Waals surface area contributed by atoms with Gasteiger partial charge in [0.15, 0.2) is 10.6 Å². The second kappa shape index (κ2) is 9.12. The van der Waals surface area contributed by atoms with E-state index in [9.17, 15) is 4.79 Å². The molecule has 6 nitrogen and oxygen atoms in total. The van der Waals surface area contributed by atoms with Crippen LogP contribution in [0.3, 0.4) is 0 Å². The van der Waals surface area contributed by atoms with Crippen molar-refractivity contribution in [3.63, 3.8) is 0 Å². The Labute approximate surface area is 157 Å². The maximum atomic E-state index is 11.9. The molecule has 0 atom stereocenters. The zero-order chi connectivity index (χ0) is 18.4. The summed E-state index contributed by atoms with van der Waals surface area (Å²) in [7, 11) is 3.04. The molecule has 0 saturated carbocycles. The fourth-order valence-corrected chi connectivity index (χ4v) is 2.81. The van der Waals surface area contributed by atoms with Gasteiger partial charge >= 0.3 is 0 Å². The number of aromatic nitrogens is 3. The largest absolute Gasteiger partial charge is 0.300 e. The second-order valence-electron chi connectivity index (χ2n) is 5.67. The fourth-order valence-electron chi connectivity index (χ4n) is 2.38. The Morgan fingerprint density at radius 1 is 1.32 bits per heavy atom. The lowest BCUT2D eigenvalue weighted by Crippen LogP contribution is -2.26. The molecule has 0 bridgehead atoms. The summed E-state index contributed by atoms with van der Waals surface area (Å²) in [6.45, 7) is 3.33. The van der Waals surface area contributed by atoms with Crippen LogP contribution in [0.15, 0.2) is 24.3 Å².